The fraction of sp³-hybridized carbons (Fsp3) is 0.292. The third-order valence-corrected chi connectivity index (χ3v) is 5.38. The van der Waals surface area contributed by atoms with Crippen LogP contribution in [0.1, 0.15) is 10.5 Å². The van der Waals surface area contributed by atoms with Crippen LogP contribution in [0.2, 0.25) is 0 Å². The molecule has 0 radical (unpaired) electrons. The van der Waals surface area contributed by atoms with E-state index in [2.05, 4.69) is 15.3 Å². The quantitative estimate of drug-likeness (QED) is 0.596. The maximum atomic E-state index is 13.0. The summed E-state index contributed by atoms with van der Waals surface area (Å²) >= 11 is 0. The second-order valence-electron chi connectivity index (χ2n) is 7.68. The van der Waals surface area contributed by atoms with Gasteiger partial charge in [-0.15, -0.1) is 0 Å². The summed E-state index contributed by atoms with van der Waals surface area (Å²) in [6.45, 7) is 3.01. The van der Waals surface area contributed by atoms with Crippen LogP contribution in [0.5, 0.6) is 5.75 Å². The Kier molecular flexibility index (Phi) is 6.89. The van der Waals surface area contributed by atoms with Crippen molar-refractivity contribution in [3.63, 3.8) is 0 Å². The van der Waals surface area contributed by atoms with Gasteiger partial charge in [-0.2, -0.15) is 5.10 Å². The molecule has 1 aliphatic heterocycles. The van der Waals surface area contributed by atoms with Crippen LogP contribution in [-0.4, -0.2) is 73.5 Å². The van der Waals surface area contributed by atoms with Crippen molar-refractivity contribution in [2.75, 3.05) is 57.2 Å². The Balaban J connectivity index is 1.37. The summed E-state index contributed by atoms with van der Waals surface area (Å²) in [7, 11) is 3.04. The molecular formula is C24H27N5O4. The predicted octanol–water partition coefficient (Wildman–Crippen LogP) is 2.43. The minimum absolute atomic E-state index is 0.120. The molecule has 9 heteroatoms. The SMILES string of the molecule is COc1cn(-c2ccccc2)nc1C(=O)N(C)CC(=O)Nc1ccc(N2CCOCC2)cc1. The van der Waals surface area contributed by atoms with E-state index < -0.39 is 5.91 Å². The number of amides is 2. The number of carbonyl (C=O) groups excluding carboxylic acids is 2. The molecule has 1 fully saturated rings. The number of ether oxygens (including phenoxy) is 2. The van der Waals surface area contributed by atoms with E-state index in [-0.39, 0.29) is 18.1 Å². The van der Waals surface area contributed by atoms with Crippen LogP contribution in [0.4, 0.5) is 11.4 Å². The van der Waals surface area contributed by atoms with Crippen molar-refractivity contribution in [3.05, 3.63) is 66.5 Å². The standard InChI is InChI=1S/C24H27N5O4/c1-27(24(31)23-21(32-2)16-29(26-23)20-6-4-3-5-7-20)17-22(30)25-18-8-10-19(11-9-18)28-12-14-33-15-13-28/h3-11,16H,12-15,17H2,1-2H3,(H,25,30). The molecule has 2 amide bonds. The van der Waals surface area contributed by atoms with E-state index >= 15 is 0 Å². The van der Waals surface area contributed by atoms with Crippen molar-refractivity contribution in [2.24, 2.45) is 0 Å². The van der Waals surface area contributed by atoms with Crippen LogP contribution in [0.15, 0.2) is 60.8 Å². The molecule has 33 heavy (non-hydrogen) atoms. The summed E-state index contributed by atoms with van der Waals surface area (Å²) in [6.07, 6.45) is 1.65. The summed E-state index contributed by atoms with van der Waals surface area (Å²) in [5.74, 6) is -0.361. The topological polar surface area (TPSA) is 88.9 Å². The number of nitrogens with zero attached hydrogens (tertiary/aromatic N) is 4. The second-order valence-corrected chi connectivity index (χ2v) is 7.68. The van der Waals surface area contributed by atoms with Gasteiger partial charge >= 0.3 is 0 Å². The first-order valence-electron chi connectivity index (χ1n) is 10.7. The number of morpholine rings is 1. The van der Waals surface area contributed by atoms with Crippen LogP contribution >= 0.6 is 0 Å². The molecule has 9 nitrogen and oxygen atoms in total. The number of aromatic nitrogens is 2. The lowest BCUT2D eigenvalue weighted by molar-refractivity contribution is -0.116. The van der Waals surface area contributed by atoms with Gasteiger partial charge in [-0.25, -0.2) is 4.68 Å². The van der Waals surface area contributed by atoms with Gasteiger partial charge in [0, 0.05) is 31.5 Å². The number of hydrogen-bond donors (Lipinski definition) is 1. The van der Waals surface area contributed by atoms with Crippen molar-refractivity contribution in [3.8, 4) is 11.4 Å². The van der Waals surface area contributed by atoms with Crippen molar-refractivity contribution in [2.45, 2.75) is 0 Å². The molecule has 1 N–H and O–H groups in total. The van der Waals surface area contributed by atoms with Crippen molar-refractivity contribution in [1.82, 2.24) is 14.7 Å². The van der Waals surface area contributed by atoms with Crippen LogP contribution in [-0.2, 0) is 9.53 Å². The molecule has 0 unspecified atom stereocenters. The lowest BCUT2D eigenvalue weighted by atomic mass is 10.2. The van der Waals surface area contributed by atoms with Gasteiger partial charge in [-0.3, -0.25) is 9.59 Å². The molecule has 1 saturated heterocycles. The molecule has 0 spiro atoms. The molecule has 4 rings (SSSR count). The van der Waals surface area contributed by atoms with Gasteiger partial charge < -0.3 is 24.6 Å². The maximum absolute atomic E-state index is 13.0. The number of likely N-dealkylation sites (N-methyl/N-ethyl adjacent to an activating group) is 1. The molecule has 0 aliphatic carbocycles. The van der Waals surface area contributed by atoms with E-state index in [1.54, 1.807) is 17.9 Å². The number of rotatable bonds is 7. The number of anilines is 2. The van der Waals surface area contributed by atoms with Gasteiger partial charge in [-0.05, 0) is 36.4 Å². The van der Waals surface area contributed by atoms with Crippen LogP contribution in [0.3, 0.4) is 0 Å². The minimum atomic E-state index is -0.403. The van der Waals surface area contributed by atoms with Crippen LogP contribution < -0.4 is 15.0 Å². The van der Waals surface area contributed by atoms with Crippen LogP contribution in [0.25, 0.3) is 5.69 Å². The highest BCUT2D eigenvalue weighted by Gasteiger charge is 2.23. The highest BCUT2D eigenvalue weighted by molar-refractivity contribution is 5.99. The molecule has 2 heterocycles. The summed E-state index contributed by atoms with van der Waals surface area (Å²) in [5, 5.41) is 7.21. The normalized spacial score (nSPS) is 13.5. The van der Waals surface area contributed by atoms with Gasteiger partial charge in [0.15, 0.2) is 11.4 Å². The third kappa shape index (κ3) is 5.32. The Morgan fingerprint density at radius 2 is 1.76 bits per heavy atom. The fourth-order valence-corrected chi connectivity index (χ4v) is 3.61. The molecule has 2 aromatic carbocycles. The number of benzene rings is 2. The predicted molar refractivity (Wildman–Crippen MR) is 125 cm³/mol. The van der Waals surface area contributed by atoms with Crippen molar-refractivity contribution < 1.29 is 19.1 Å². The van der Waals surface area contributed by atoms with E-state index in [1.165, 1.54) is 12.0 Å². The first kappa shape index (κ1) is 22.3. The zero-order chi connectivity index (χ0) is 23.2. The summed E-state index contributed by atoms with van der Waals surface area (Å²) < 4.78 is 12.3. The average molecular weight is 450 g/mol. The molecular weight excluding hydrogens is 422 g/mol. The van der Waals surface area contributed by atoms with Gasteiger partial charge in [0.1, 0.15) is 0 Å². The Morgan fingerprint density at radius 3 is 2.42 bits per heavy atom. The second kappa shape index (κ2) is 10.2. The number of carbonyl (C=O) groups is 2. The number of methoxy groups -OCH3 is 1. The smallest absolute Gasteiger partial charge is 0.278 e. The molecule has 3 aromatic rings. The first-order chi connectivity index (χ1) is 16.0. The lowest BCUT2D eigenvalue weighted by Gasteiger charge is -2.28. The Morgan fingerprint density at radius 1 is 1.06 bits per heavy atom. The van der Waals surface area contributed by atoms with Gasteiger partial charge in [0.2, 0.25) is 5.91 Å². The Labute approximate surface area is 192 Å². The first-order valence-corrected chi connectivity index (χ1v) is 10.7. The number of para-hydroxylation sites is 1. The highest BCUT2D eigenvalue weighted by Crippen LogP contribution is 2.21. The molecule has 0 atom stereocenters. The van der Waals surface area contributed by atoms with Crippen LogP contribution in [0, 0.1) is 0 Å². The largest absolute Gasteiger partial charge is 0.493 e. The number of hydrogen-bond acceptors (Lipinski definition) is 6. The van der Waals surface area contributed by atoms with Crippen molar-refractivity contribution >= 4 is 23.2 Å². The van der Waals surface area contributed by atoms with Gasteiger partial charge in [0.05, 0.1) is 38.8 Å². The third-order valence-electron chi connectivity index (χ3n) is 5.38. The fourth-order valence-electron chi connectivity index (χ4n) is 3.61. The Hall–Kier alpha value is -3.85. The zero-order valence-corrected chi connectivity index (χ0v) is 18.7. The molecule has 1 aromatic heterocycles. The molecule has 1 aliphatic rings. The minimum Gasteiger partial charge on any atom is -0.493 e. The van der Waals surface area contributed by atoms with Crippen molar-refractivity contribution in [1.29, 1.82) is 0 Å². The molecule has 0 saturated carbocycles. The zero-order valence-electron chi connectivity index (χ0n) is 18.7. The number of nitrogens with one attached hydrogen (secondary N) is 1. The summed E-state index contributed by atoms with van der Waals surface area (Å²) in [4.78, 5) is 29.0. The van der Waals surface area contributed by atoms with E-state index in [0.29, 0.717) is 24.7 Å². The maximum Gasteiger partial charge on any atom is 0.278 e. The monoisotopic (exact) mass is 449 g/mol. The van der Waals surface area contributed by atoms with Gasteiger partial charge in [0.25, 0.3) is 5.91 Å². The van der Waals surface area contributed by atoms with E-state index in [4.69, 9.17) is 9.47 Å². The van der Waals surface area contributed by atoms with E-state index in [0.717, 1.165) is 24.5 Å². The molecule has 0 bridgehead atoms. The van der Waals surface area contributed by atoms with E-state index in [9.17, 15) is 9.59 Å². The average Bonchev–Trinajstić information content (AvgIpc) is 3.29. The lowest BCUT2D eigenvalue weighted by Crippen LogP contribution is -2.36. The molecule has 172 valence electrons. The Bertz CT molecular complexity index is 1090. The van der Waals surface area contributed by atoms with E-state index in [1.807, 2.05) is 54.6 Å². The highest BCUT2D eigenvalue weighted by atomic mass is 16.5. The van der Waals surface area contributed by atoms with Gasteiger partial charge in [-0.1, -0.05) is 18.2 Å². The summed E-state index contributed by atoms with van der Waals surface area (Å²) in [5.41, 5.74) is 2.70. The summed E-state index contributed by atoms with van der Waals surface area (Å²) in [6, 6.07) is 17.1.